The molecule has 1 aliphatic rings. The maximum atomic E-state index is 13.2. The van der Waals surface area contributed by atoms with E-state index in [4.69, 9.17) is 27.9 Å². The van der Waals surface area contributed by atoms with Gasteiger partial charge in [-0.1, -0.05) is 23.2 Å². The smallest absolute Gasteiger partial charge is 0.399 e. The summed E-state index contributed by atoms with van der Waals surface area (Å²) in [4.78, 5) is 26.6. The molecule has 0 radical (unpaired) electrons. The van der Waals surface area contributed by atoms with Gasteiger partial charge >= 0.3 is 6.18 Å². The summed E-state index contributed by atoms with van der Waals surface area (Å²) in [6.45, 7) is 0.972. The van der Waals surface area contributed by atoms with Crippen LogP contribution in [0.3, 0.4) is 0 Å². The molecule has 3 rings (SSSR count). The number of nitrogens with one attached hydrogen (secondary N) is 1. The largest absolute Gasteiger partial charge is 0.436 e. The fourth-order valence-corrected chi connectivity index (χ4v) is 3.75. The molecule has 33 heavy (non-hydrogen) atoms. The first-order chi connectivity index (χ1) is 15.3. The molecule has 1 aliphatic heterocycles. The number of allylic oxidation sites excluding steroid dienone is 1. The van der Waals surface area contributed by atoms with E-state index in [1.165, 1.54) is 30.3 Å². The van der Waals surface area contributed by atoms with Crippen molar-refractivity contribution in [1.82, 2.24) is 0 Å². The second-order valence-corrected chi connectivity index (χ2v) is 8.90. The molecule has 174 valence electrons. The number of aliphatic imine (C=N–C) groups is 1. The summed E-state index contributed by atoms with van der Waals surface area (Å²) in [5, 5.41) is 13.3. The molecule has 13 heteroatoms. The van der Waals surface area contributed by atoms with Crippen molar-refractivity contribution in [1.29, 1.82) is 0 Å². The highest BCUT2D eigenvalue weighted by Gasteiger charge is 2.52. The number of hydrogen-bond donors (Lipinski definition) is 1. The second kappa shape index (κ2) is 9.32. The molecule has 2 aromatic rings. The monoisotopic (exact) mass is 565 g/mol. The summed E-state index contributed by atoms with van der Waals surface area (Å²) in [5.74, 6) is -0.811. The highest BCUT2D eigenvalue weighted by atomic mass is 79.9. The lowest BCUT2D eigenvalue weighted by Gasteiger charge is -2.30. The summed E-state index contributed by atoms with van der Waals surface area (Å²) >= 11 is 15.3. The molecule has 1 unspecified atom stereocenters. The van der Waals surface area contributed by atoms with E-state index in [9.17, 15) is 28.1 Å². The van der Waals surface area contributed by atoms with Crippen molar-refractivity contribution in [3.05, 3.63) is 72.5 Å². The summed E-state index contributed by atoms with van der Waals surface area (Å²) < 4.78 is 45.3. The number of amides is 1. The molecule has 0 saturated heterocycles. The highest BCUT2D eigenvalue weighted by molar-refractivity contribution is 9.10. The summed E-state index contributed by atoms with van der Waals surface area (Å²) in [7, 11) is 0. The third kappa shape index (κ3) is 5.48. The lowest BCUT2D eigenvalue weighted by molar-refractivity contribution is -0.384. The number of hydrogen-bond acceptors (Lipinski definition) is 5. The highest BCUT2D eigenvalue weighted by Crippen LogP contribution is 2.45. The topological polar surface area (TPSA) is 93.8 Å². The quantitative estimate of drug-likeness (QED) is 0.309. The van der Waals surface area contributed by atoms with Gasteiger partial charge in [-0.2, -0.15) is 13.2 Å². The average Bonchev–Trinajstić information content (AvgIpc) is 2.71. The zero-order chi connectivity index (χ0) is 24.6. The van der Waals surface area contributed by atoms with Crippen molar-refractivity contribution in [3.63, 3.8) is 0 Å². The van der Waals surface area contributed by atoms with Crippen LogP contribution >= 0.6 is 39.1 Å². The molecule has 0 bridgehead atoms. The molecule has 1 heterocycles. The molecule has 1 N–H and O–H groups in total. The van der Waals surface area contributed by atoms with Gasteiger partial charge < -0.3 is 10.1 Å². The van der Waals surface area contributed by atoms with E-state index >= 15 is 0 Å². The minimum Gasteiger partial charge on any atom is -0.436 e. The Morgan fingerprint density at radius 1 is 1.27 bits per heavy atom. The summed E-state index contributed by atoms with van der Waals surface area (Å²) in [6.07, 6.45) is -4.35. The summed E-state index contributed by atoms with van der Waals surface area (Å²) in [6, 6.07) is 7.86. The van der Waals surface area contributed by atoms with Crippen LogP contribution in [0.4, 0.5) is 24.5 Å². The van der Waals surface area contributed by atoms with E-state index in [2.05, 4.69) is 26.2 Å². The van der Waals surface area contributed by atoms with Crippen LogP contribution in [-0.2, 0) is 0 Å². The van der Waals surface area contributed by atoms with E-state index in [-0.39, 0.29) is 38.6 Å². The van der Waals surface area contributed by atoms with Gasteiger partial charge in [0.1, 0.15) is 11.2 Å². The predicted molar refractivity (Wildman–Crippen MR) is 121 cm³/mol. The number of rotatable bonds is 5. The molecule has 1 amide bonds. The Balaban J connectivity index is 1.76. The summed E-state index contributed by atoms with van der Waals surface area (Å²) in [5.41, 5.74) is -2.20. The molecular weight excluding hydrogens is 554 g/mol. The number of benzene rings is 2. The number of non-ortho nitro benzene ring substituents is 1. The van der Waals surface area contributed by atoms with Gasteiger partial charge in [0.05, 0.1) is 20.5 Å². The fraction of sp³-hybridized carbons (Fsp3) is 0.200. The Morgan fingerprint density at radius 2 is 1.97 bits per heavy atom. The van der Waals surface area contributed by atoms with Gasteiger partial charge in [-0.25, -0.2) is 4.99 Å². The maximum absolute atomic E-state index is 13.2. The van der Waals surface area contributed by atoms with Crippen LogP contribution in [0.15, 0.2) is 56.8 Å². The number of halogens is 6. The number of carbonyl (C=O) groups is 1. The van der Waals surface area contributed by atoms with Crippen LogP contribution in [0.5, 0.6) is 5.75 Å². The number of nitrogens with zero attached hydrogens (tertiary/aromatic N) is 2. The zero-order valence-corrected chi connectivity index (χ0v) is 19.6. The van der Waals surface area contributed by atoms with Crippen molar-refractivity contribution in [2.45, 2.75) is 19.5 Å². The van der Waals surface area contributed by atoms with E-state index < -0.39 is 28.8 Å². The predicted octanol–water partition coefficient (Wildman–Crippen LogP) is 7.09. The Hall–Kier alpha value is -2.63. The molecule has 0 aromatic heterocycles. The number of alkyl halides is 3. The van der Waals surface area contributed by atoms with Crippen molar-refractivity contribution in [2.24, 2.45) is 10.4 Å². The van der Waals surface area contributed by atoms with Crippen molar-refractivity contribution in [2.75, 3.05) is 5.32 Å². The number of carbonyl (C=O) groups excluding carboxylic acids is 1. The molecule has 0 saturated carbocycles. The number of nitro benzene ring substituents is 1. The van der Waals surface area contributed by atoms with Crippen LogP contribution in [0.25, 0.3) is 0 Å². The van der Waals surface area contributed by atoms with Crippen LogP contribution in [0, 0.1) is 15.5 Å². The molecule has 2 aromatic carbocycles. The average molecular weight is 567 g/mol. The number of anilines is 1. The minimum atomic E-state index is -4.53. The lowest BCUT2D eigenvalue weighted by atomic mass is 9.86. The zero-order valence-electron chi connectivity index (χ0n) is 16.5. The van der Waals surface area contributed by atoms with Gasteiger partial charge in [0.25, 0.3) is 11.6 Å². The molecular formula is C20H13BrCl2F3N3O4. The van der Waals surface area contributed by atoms with Crippen molar-refractivity contribution >= 4 is 62.6 Å². The normalized spacial score (nSPS) is 18.3. The lowest BCUT2D eigenvalue weighted by Crippen LogP contribution is -2.38. The van der Waals surface area contributed by atoms with Gasteiger partial charge in [-0.05, 0) is 47.1 Å². The van der Waals surface area contributed by atoms with E-state index in [0.717, 1.165) is 19.2 Å². The van der Waals surface area contributed by atoms with Gasteiger partial charge in [-0.15, -0.1) is 0 Å². The maximum Gasteiger partial charge on any atom is 0.399 e. The van der Waals surface area contributed by atoms with Crippen molar-refractivity contribution in [3.8, 4) is 5.75 Å². The molecule has 0 aliphatic carbocycles. The van der Waals surface area contributed by atoms with Crippen LogP contribution in [0.1, 0.15) is 23.7 Å². The third-order valence-electron chi connectivity index (χ3n) is 4.67. The van der Waals surface area contributed by atoms with Crippen LogP contribution < -0.4 is 10.1 Å². The van der Waals surface area contributed by atoms with E-state index in [1.54, 1.807) is 0 Å². The number of ether oxygens (including phenoxy) is 1. The second-order valence-electron chi connectivity index (χ2n) is 7.18. The molecule has 1 atom stereocenters. The standard InChI is InChI=1S/C20H13BrCl2F3N3O4/c1-19(20(24,25)26)8-15(23)18(27-9-19)33-16-5-2-10(6-14(16)22)28-17(30)12-7-11(29(31)32)3-4-13(12)21/h2-7,9H,8H2,1H3,(H,28,30). The van der Waals surface area contributed by atoms with Gasteiger partial charge in [-0.3, -0.25) is 14.9 Å². The Labute approximate surface area is 203 Å². The van der Waals surface area contributed by atoms with E-state index in [0.29, 0.717) is 4.47 Å². The van der Waals surface area contributed by atoms with Gasteiger partial charge in [0.2, 0.25) is 5.88 Å². The molecule has 0 fully saturated rings. The minimum absolute atomic E-state index is 0.0160. The number of nitro groups is 1. The molecule has 0 spiro atoms. The molecule has 7 nitrogen and oxygen atoms in total. The van der Waals surface area contributed by atoms with Crippen LogP contribution in [0.2, 0.25) is 5.02 Å². The van der Waals surface area contributed by atoms with Gasteiger partial charge in [0.15, 0.2) is 0 Å². The van der Waals surface area contributed by atoms with Gasteiger partial charge in [0, 0.05) is 34.9 Å². The first kappa shape index (κ1) is 25.0. The Morgan fingerprint density at radius 3 is 2.55 bits per heavy atom. The van der Waals surface area contributed by atoms with Crippen molar-refractivity contribution < 1.29 is 27.6 Å². The first-order valence-corrected chi connectivity index (χ1v) is 10.6. The first-order valence-electron chi connectivity index (χ1n) is 9.04. The fourth-order valence-electron chi connectivity index (χ4n) is 2.73. The SMILES string of the molecule is CC1(C(F)(F)F)C=NC(Oc2ccc(NC(=O)c3cc([N+](=O)[O-])ccc3Br)cc2Cl)=C(Cl)C1. The van der Waals surface area contributed by atoms with E-state index in [1.807, 2.05) is 0 Å². The third-order valence-corrected chi connectivity index (χ3v) is 5.95. The Kier molecular flexibility index (Phi) is 7.06. The van der Waals surface area contributed by atoms with Crippen LogP contribution in [-0.4, -0.2) is 23.2 Å². The Bertz CT molecular complexity index is 1200.